The van der Waals surface area contributed by atoms with Crippen LogP contribution in [0, 0.1) is 6.57 Å². The van der Waals surface area contributed by atoms with E-state index in [1.165, 1.54) is 29.5 Å². The SMILES string of the molecule is [C-]#[N+]c1cc(-c2cc(C(=O)O)ccn2)ccc1N1CCc2ccccc2C1. The third-order valence-corrected chi connectivity index (χ3v) is 4.87. The quantitative estimate of drug-likeness (QED) is 0.700. The third-order valence-electron chi connectivity index (χ3n) is 4.87. The minimum absolute atomic E-state index is 0.182. The summed E-state index contributed by atoms with van der Waals surface area (Å²) in [6.45, 7) is 9.25. The average molecular weight is 355 g/mol. The van der Waals surface area contributed by atoms with E-state index in [9.17, 15) is 4.79 Å². The number of aromatic carboxylic acids is 1. The number of fused-ring (bicyclic) bond motifs is 1. The molecule has 0 spiro atoms. The van der Waals surface area contributed by atoms with Crippen molar-refractivity contribution < 1.29 is 9.90 Å². The lowest BCUT2D eigenvalue weighted by atomic mass is 9.99. The molecule has 2 aromatic carbocycles. The summed E-state index contributed by atoms with van der Waals surface area (Å²) in [5.41, 5.74) is 5.58. The minimum Gasteiger partial charge on any atom is -0.478 e. The highest BCUT2D eigenvalue weighted by atomic mass is 16.4. The Bertz CT molecular complexity index is 1070. The van der Waals surface area contributed by atoms with Crippen molar-refractivity contribution in [1.82, 2.24) is 4.98 Å². The Labute approximate surface area is 157 Å². The molecule has 1 aromatic heterocycles. The number of anilines is 1. The Hall–Kier alpha value is -3.65. The summed E-state index contributed by atoms with van der Waals surface area (Å²) in [6, 6.07) is 17.0. The molecule has 0 aliphatic carbocycles. The van der Waals surface area contributed by atoms with Gasteiger partial charge in [0.15, 0.2) is 0 Å². The molecular formula is C22H17N3O2. The summed E-state index contributed by atoms with van der Waals surface area (Å²) in [7, 11) is 0. The number of benzene rings is 2. The zero-order valence-corrected chi connectivity index (χ0v) is 14.6. The third kappa shape index (κ3) is 3.25. The summed E-state index contributed by atoms with van der Waals surface area (Å²) in [6.07, 6.45) is 2.43. The number of hydrogen-bond donors (Lipinski definition) is 1. The van der Waals surface area contributed by atoms with E-state index in [0.717, 1.165) is 30.8 Å². The maximum atomic E-state index is 11.2. The summed E-state index contributed by atoms with van der Waals surface area (Å²) >= 11 is 0. The second-order valence-corrected chi connectivity index (χ2v) is 6.49. The fourth-order valence-electron chi connectivity index (χ4n) is 3.46. The van der Waals surface area contributed by atoms with Crippen molar-refractivity contribution in [2.24, 2.45) is 0 Å². The number of hydrogen-bond acceptors (Lipinski definition) is 3. The second kappa shape index (κ2) is 6.93. The molecule has 2 heterocycles. The Kier molecular flexibility index (Phi) is 4.31. The number of carbonyl (C=O) groups is 1. The molecular weight excluding hydrogens is 338 g/mol. The Balaban J connectivity index is 1.68. The summed E-state index contributed by atoms with van der Waals surface area (Å²) in [4.78, 5) is 21.4. The molecule has 5 nitrogen and oxygen atoms in total. The highest BCUT2D eigenvalue weighted by Gasteiger charge is 2.19. The first-order valence-corrected chi connectivity index (χ1v) is 8.68. The first-order valence-electron chi connectivity index (χ1n) is 8.68. The largest absolute Gasteiger partial charge is 0.478 e. The minimum atomic E-state index is -0.993. The van der Waals surface area contributed by atoms with Gasteiger partial charge in [-0.15, -0.1) is 0 Å². The maximum Gasteiger partial charge on any atom is 0.335 e. The maximum absolute atomic E-state index is 11.2. The van der Waals surface area contributed by atoms with Crippen LogP contribution < -0.4 is 4.90 Å². The molecule has 1 aliphatic rings. The van der Waals surface area contributed by atoms with E-state index in [0.29, 0.717) is 11.4 Å². The zero-order valence-electron chi connectivity index (χ0n) is 14.6. The van der Waals surface area contributed by atoms with E-state index < -0.39 is 5.97 Å². The number of carboxylic acids is 1. The van der Waals surface area contributed by atoms with Crippen LogP contribution >= 0.6 is 0 Å². The van der Waals surface area contributed by atoms with E-state index >= 15 is 0 Å². The van der Waals surface area contributed by atoms with Gasteiger partial charge in [-0.3, -0.25) is 4.98 Å². The molecule has 0 unspecified atom stereocenters. The smallest absolute Gasteiger partial charge is 0.335 e. The molecule has 0 saturated carbocycles. The van der Waals surface area contributed by atoms with Crippen LogP contribution in [-0.2, 0) is 13.0 Å². The highest BCUT2D eigenvalue weighted by Crippen LogP contribution is 2.35. The number of aromatic nitrogens is 1. The van der Waals surface area contributed by atoms with Crippen molar-refractivity contribution in [2.45, 2.75) is 13.0 Å². The van der Waals surface area contributed by atoms with E-state index in [1.807, 2.05) is 18.2 Å². The lowest BCUT2D eigenvalue weighted by molar-refractivity contribution is 0.0697. The van der Waals surface area contributed by atoms with Gasteiger partial charge in [-0.1, -0.05) is 30.3 Å². The molecule has 0 fully saturated rings. The van der Waals surface area contributed by atoms with Gasteiger partial charge in [-0.25, -0.2) is 9.64 Å². The molecule has 0 atom stereocenters. The van der Waals surface area contributed by atoms with Crippen LogP contribution in [0.5, 0.6) is 0 Å². The van der Waals surface area contributed by atoms with Crippen LogP contribution in [0.3, 0.4) is 0 Å². The Morgan fingerprint density at radius 1 is 1.11 bits per heavy atom. The van der Waals surface area contributed by atoms with Gasteiger partial charge in [0.05, 0.1) is 17.8 Å². The Morgan fingerprint density at radius 3 is 2.70 bits per heavy atom. The second-order valence-electron chi connectivity index (χ2n) is 6.49. The van der Waals surface area contributed by atoms with Gasteiger partial charge in [0.1, 0.15) is 0 Å². The summed E-state index contributed by atoms with van der Waals surface area (Å²) < 4.78 is 0. The molecule has 0 bridgehead atoms. The van der Waals surface area contributed by atoms with Gasteiger partial charge >= 0.3 is 5.97 Å². The standard InChI is InChI=1S/C22H17N3O2/c1-23-20-12-16(19-13-17(22(26)27)8-10-24-19)6-7-21(20)25-11-9-15-4-2-3-5-18(15)14-25/h2-8,10,12-13H,9,11,14H2,(H,26,27). The normalized spacial score (nSPS) is 12.9. The number of nitrogens with zero attached hydrogens (tertiary/aromatic N) is 3. The first kappa shape index (κ1) is 16.8. The lowest BCUT2D eigenvalue weighted by Gasteiger charge is -2.31. The Morgan fingerprint density at radius 2 is 1.93 bits per heavy atom. The van der Waals surface area contributed by atoms with Gasteiger partial charge in [-0.05, 0) is 47.4 Å². The highest BCUT2D eigenvalue weighted by molar-refractivity contribution is 5.89. The predicted octanol–water partition coefficient (Wildman–Crippen LogP) is 4.56. The van der Waals surface area contributed by atoms with Crippen molar-refractivity contribution in [2.75, 3.05) is 11.4 Å². The molecule has 0 saturated heterocycles. The van der Waals surface area contributed by atoms with Crippen LogP contribution in [0.2, 0.25) is 0 Å². The summed E-state index contributed by atoms with van der Waals surface area (Å²) in [5.74, 6) is -0.993. The van der Waals surface area contributed by atoms with Gasteiger partial charge in [0.25, 0.3) is 0 Å². The average Bonchev–Trinajstić information content (AvgIpc) is 2.73. The summed E-state index contributed by atoms with van der Waals surface area (Å²) in [5, 5.41) is 9.17. The van der Waals surface area contributed by atoms with Gasteiger partial charge in [0.2, 0.25) is 5.69 Å². The van der Waals surface area contributed by atoms with Crippen LogP contribution in [0.4, 0.5) is 11.4 Å². The molecule has 1 aliphatic heterocycles. The molecule has 1 N–H and O–H groups in total. The molecule has 5 heteroatoms. The van der Waals surface area contributed by atoms with Crippen LogP contribution in [-0.4, -0.2) is 22.6 Å². The molecule has 132 valence electrons. The van der Waals surface area contributed by atoms with Crippen molar-refractivity contribution in [3.63, 3.8) is 0 Å². The molecule has 3 aromatic rings. The van der Waals surface area contributed by atoms with Crippen molar-refractivity contribution >= 4 is 17.3 Å². The van der Waals surface area contributed by atoms with Gasteiger partial charge < -0.3 is 10.0 Å². The van der Waals surface area contributed by atoms with Crippen LogP contribution in [0.15, 0.2) is 60.8 Å². The van der Waals surface area contributed by atoms with Gasteiger partial charge in [-0.2, -0.15) is 0 Å². The molecule has 0 amide bonds. The fourth-order valence-corrected chi connectivity index (χ4v) is 3.46. The first-order chi connectivity index (χ1) is 13.2. The van der Waals surface area contributed by atoms with E-state index in [4.69, 9.17) is 11.7 Å². The number of carboxylic acid groups (broad SMARTS) is 1. The van der Waals surface area contributed by atoms with Crippen molar-refractivity contribution in [1.29, 1.82) is 0 Å². The van der Waals surface area contributed by atoms with Crippen molar-refractivity contribution in [3.05, 3.63) is 88.9 Å². The predicted molar refractivity (Wildman–Crippen MR) is 104 cm³/mol. The van der Waals surface area contributed by atoms with Crippen LogP contribution in [0.25, 0.3) is 16.1 Å². The monoisotopic (exact) mass is 355 g/mol. The zero-order chi connectivity index (χ0) is 18.8. The topological polar surface area (TPSA) is 57.8 Å². The number of rotatable bonds is 3. The van der Waals surface area contributed by atoms with E-state index in [1.54, 1.807) is 6.07 Å². The van der Waals surface area contributed by atoms with Crippen LogP contribution in [0.1, 0.15) is 21.5 Å². The van der Waals surface area contributed by atoms with E-state index in [2.05, 4.69) is 32.9 Å². The van der Waals surface area contributed by atoms with Gasteiger partial charge in [0, 0.05) is 25.0 Å². The molecule has 27 heavy (non-hydrogen) atoms. The van der Waals surface area contributed by atoms with E-state index in [-0.39, 0.29) is 5.56 Å². The lowest BCUT2D eigenvalue weighted by Crippen LogP contribution is -2.30. The van der Waals surface area contributed by atoms with Crippen molar-refractivity contribution in [3.8, 4) is 11.3 Å². The molecule has 4 rings (SSSR count). The number of pyridine rings is 1. The fraction of sp³-hybridized carbons (Fsp3) is 0.136. The molecule has 0 radical (unpaired) electrons.